The van der Waals surface area contributed by atoms with E-state index < -0.39 is 11.0 Å². The maximum atomic E-state index is 11.0. The summed E-state index contributed by atoms with van der Waals surface area (Å²) in [7, 11) is 0. The first-order valence-electron chi connectivity index (χ1n) is 5.46. The zero-order chi connectivity index (χ0) is 13.5. The van der Waals surface area contributed by atoms with Gasteiger partial charge >= 0.3 is 11.6 Å². The zero-order valence-corrected chi connectivity index (χ0v) is 10.2. The lowest BCUT2D eigenvalue weighted by atomic mass is 10.4. The Morgan fingerprint density at radius 2 is 2.39 bits per heavy atom. The van der Waals surface area contributed by atoms with Crippen molar-refractivity contribution in [3.63, 3.8) is 0 Å². The third-order valence-corrected chi connectivity index (χ3v) is 2.04. The molecule has 7 nitrogen and oxygen atoms in total. The maximum Gasteiger partial charge on any atom is 0.372 e. The van der Waals surface area contributed by atoms with E-state index in [4.69, 9.17) is 11.2 Å². The molecule has 1 unspecified atom stereocenters. The number of nitro groups is 1. The molecule has 7 heteroatoms. The van der Waals surface area contributed by atoms with Crippen LogP contribution in [0.15, 0.2) is 6.33 Å². The van der Waals surface area contributed by atoms with E-state index in [9.17, 15) is 10.1 Å². The van der Waals surface area contributed by atoms with Gasteiger partial charge < -0.3 is 10.1 Å². The topological polar surface area (TPSA) is 90.2 Å². The maximum absolute atomic E-state index is 11.0. The van der Waals surface area contributed by atoms with Crippen molar-refractivity contribution < 1.29 is 9.66 Å². The largest absolute Gasteiger partial charge is 0.456 e. The van der Waals surface area contributed by atoms with Crippen molar-refractivity contribution >= 4 is 11.5 Å². The first kappa shape index (κ1) is 13.7. The highest BCUT2D eigenvalue weighted by molar-refractivity contribution is 5.61. The van der Waals surface area contributed by atoms with Crippen LogP contribution in [-0.2, 0) is 0 Å². The predicted molar refractivity (Wildman–Crippen MR) is 66.4 cm³/mol. The summed E-state index contributed by atoms with van der Waals surface area (Å²) in [6.07, 6.45) is 6.58. The van der Waals surface area contributed by atoms with Gasteiger partial charge in [-0.3, -0.25) is 10.1 Å². The van der Waals surface area contributed by atoms with Gasteiger partial charge in [-0.25, -0.2) is 4.98 Å². The number of ether oxygens (including phenoxy) is 1. The molecular formula is C11H14N4O3. The number of hydrogen-bond donors (Lipinski definition) is 1. The minimum atomic E-state index is -0.599. The van der Waals surface area contributed by atoms with E-state index in [0.717, 1.165) is 6.42 Å². The summed E-state index contributed by atoms with van der Waals surface area (Å²) in [6, 6.07) is 0. The fraction of sp³-hybridized carbons (Fsp3) is 0.455. The van der Waals surface area contributed by atoms with Crippen LogP contribution in [0, 0.1) is 22.5 Å². The molecule has 1 N–H and O–H groups in total. The van der Waals surface area contributed by atoms with Crippen molar-refractivity contribution in [2.24, 2.45) is 0 Å². The number of rotatable bonds is 6. The molecule has 0 fully saturated rings. The minimum absolute atomic E-state index is 0.126. The Hall–Kier alpha value is -2.36. The van der Waals surface area contributed by atoms with Gasteiger partial charge in [-0.15, -0.1) is 6.42 Å². The highest BCUT2D eigenvalue weighted by Gasteiger charge is 2.25. The quantitative estimate of drug-likeness (QED) is 0.468. The number of nitrogens with one attached hydrogen (secondary N) is 1. The van der Waals surface area contributed by atoms with Crippen LogP contribution in [-0.4, -0.2) is 27.5 Å². The number of hydrogen-bond acceptors (Lipinski definition) is 6. The summed E-state index contributed by atoms with van der Waals surface area (Å²) in [5.74, 6) is 2.33. The van der Waals surface area contributed by atoms with Gasteiger partial charge in [0.15, 0.2) is 6.10 Å². The molecule has 0 spiro atoms. The molecule has 0 aliphatic rings. The minimum Gasteiger partial charge on any atom is -0.456 e. The molecule has 0 aromatic carbocycles. The molecular weight excluding hydrogens is 236 g/mol. The van der Waals surface area contributed by atoms with E-state index in [0.29, 0.717) is 6.54 Å². The Kier molecular flexibility index (Phi) is 4.87. The lowest BCUT2D eigenvalue weighted by molar-refractivity contribution is -0.385. The molecule has 0 bridgehead atoms. The van der Waals surface area contributed by atoms with Crippen molar-refractivity contribution in [3.05, 3.63) is 16.4 Å². The van der Waals surface area contributed by atoms with Crippen LogP contribution in [0.4, 0.5) is 11.5 Å². The fourth-order valence-electron chi connectivity index (χ4n) is 1.19. The molecule has 18 heavy (non-hydrogen) atoms. The lowest BCUT2D eigenvalue weighted by Gasteiger charge is -2.10. The second kappa shape index (κ2) is 6.39. The summed E-state index contributed by atoms with van der Waals surface area (Å²) >= 11 is 0. The molecule has 1 atom stereocenters. The van der Waals surface area contributed by atoms with Crippen molar-refractivity contribution in [1.82, 2.24) is 9.97 Å². The molecule has 0 aliphatic carbocycles. The van der Waals surface area contributed by atoms with Crippen LogP contribution >= 0.6 is 0 Å². The summed E-state index contributed by atoms with van der Waals surface area (Å²) in [5, 5.41) is 13.9. The van der Waals surface area contributed by atoms with Crippen molar-refractivity contribution in [3.8, 4) is 18.2 Å². The van der Waals surface area contributed by atoms with Gasteiger partial charge in [0.1, 0.15) is 6.33 Å². The van der Waals surface area contributed by atoms with Crippen LogP contribution < -0.4 is 10.1 Å². The first-order chi connectivity index (χ1) is 8.60. The third kappa shape index (κ3) is 3.31. The molecule has 1 rings (SSSR count). The molecule has 1 aromatic rings. The van der Waals surface area contributed by atoms with Gasteiger partial charge in [-0.05, 0) is 13.3 Å². The van der Waals surface area contributed by atoms with E-state index in [2.05, 4.69) is 21.2 Å². The molecule has 1 heterocycles. The van der Waals surface area contributed by atoms with Crippen LogP contribution in [0.25, 0.3) is 0 Å². The Bertz CT molecular complexity index is 470. The van der Waals surface area contributed by atoms with E-state index in [1.807, 2.05) is 6.92 Å². The van der Waals surface area contributed by atoms with E-state index in [1.54, 1.807) is 6.92 Å². The van der Waals surface area contributed by atoms with E-state index >= 15 is 0 Å². The Morgan fingerprint density at radius 1 is 1.67 bits per heavy atom. The third-order valence-electron chi connectivity index (χ3n) is 2.04. The Balaban J connectivity index is 3.10. The van der Waals surface area contributed by atoms with Gasteiger partial charge in [0.2, 0.25) is 5.82 Å². The summed E-state index contributed by atoms with van der Waals surface area (Å²) in [4.78, 5) is 18.0. The average molecular weight is 250 g/mol. The second-order valence-electron chi connectivity index (χ2n) is 3.49. The molecule has 96 valence electrons. The first-order valence-corrected chi connectivity index (χ1v) is 5.46. The molecule has 0 radical (unpaired) electrons. The van der Waals surface area contributed by atoms with Crippen LogP contribution in [0.2, 0.25) is 0 Å². The number of nitrogens with zero attached hydrogens (tertiary/aromatic N) is 3. The van der Waals surface area contributed by atoms with Crippen LogP contribution in [0.1, 0.15) is 20.3 Å². The average Bonchev–Trinajstić information content (AvgIpc) is 2.35. The highest BCUT2D eigenvalue weighted by atomic mass is 16.6. The number of terminal acetylenes is 1. The van der Waals surface area contributed by atoms with Gasteiger partial charge in [0.05, 0.1) is 4.92 Å². The Labute approximate surface area is 105 Å². The van der Waals surface area contributed by atoms with Crippen molar-refractivity contribution in [2.75, 3.05) is 11.9 Å². The lowest BCUT2D eigenvalue weighted by Crippen LogP contribution is -2.13. The van der Waals surface area contributed by atoms with Crippen LogP contribution in [0.3, 0.4) is 0 Å². The molecule has 1 aromatic heterocycles. The fourth-order valence-corrected chi connectivity index (χ4v) is 1.19. The second-order valence-corrected chi connectivity index (χ2v) is 3.49. The van der Waals surface area contributed by atoms with Gasteiger partial charge in [0.25, 0.3) is 0 Å². The predicted octanol–water partition coefficient (Wildman–Crippen LogP) is 1.61. The number of anilines is 1. The molecule has 0 saturated heterocycles. The van der Waals surface area contributed by atoms with Gasteiger partial charge in [-0.1, -0.05) is 12.8 Å². The monoisotopic (exact) mass is 250 g/mol. The molecule has 0 saturated carbocycles. The van der Waals surface area contributed by atoms with Crippen molar-refractivity contribution in [1.29, 1.82) is 0 Å². The van der Waals surface area contributed by atoms with E-state index in [-0.39, 0.29) is 17.4 Å². The zero-order valence-electron chi connectivity index (χ0n) is 10.2. The molecule has 0 amide bonds. The van der Waals surface area contributed by atoms with Gasteiger partial charge in [-0.2, -0.15) is 4.98 Å². The van der Waals surface area contributed by atoms with Gasteiger partial charge in [0, 0.05) is 6.54 Å². The molecule has 0 aliphatic heterocycles. The normalized spacial score (nSPS) is 11.4. The summed E-state index contributed by atoms with van der Waals surface area (Å²) < 4.78 is 5.21. The standard InChI is InChI=1S/C11H14N4O3/c1-4-6-12-10-9(15(16)17)11(14-7-13-10)18-8(3)5-2/h2,7-8H,4,6H2,1,3H3,(H,12,13,14). The Morgan fingerprint density at radius 3 is 2.94 bits per heavy atom. The summed E-state index contributed by atoms with van der Waals surface area (Å²) in [6.45, 7) is 4.12. The number of aromatic nitrogens is 2. The van der Waals surface area contributed by atoms with Crippen molar-refractivity contribution in [2.45, 2.75) is 26.4 Å². The van der Waals surface area contributed by atoms with E-state index in [1.165, 1.54) is 6.33 Å². The summed E-state index contributed by atoms with van der Waals surface area (Å²) in [5.41, 5.74) is -0.298. The highest BCUT2D eigenvalue weighted by Crippen LogP contribution is 2.31. The SMILES string of the molecule is C#CC(C)Oc1ncnc(NCCC)c1[N+](=O)[O-]. The van der Waals surface area contributed by atoms with Crippen LogP contribution in [0.5, 0.6) is 5.88 Å². The smallest absolute Gasteiger partial charge is 0.372 e.